The van der Waals surface area contributed by atoms with E-state index in [0.29, 0.717) is 43.6 Å². The highest BCUT2D eigenvalue weighted by Gasteiger charge is 2.42. The van der Waals surface area contributed by atoms with E-state index in [1.54, 1.807) is 25.3 Å². The highest BCUT2D eigenvalue weighted by molar-refractivity contribution is 5.94. The van der Waals surface area contributed by atoms with Crippen molar-refractivity contribution in [2.24, 2.45) is 0 Å². The average molecular weight is 343 g/mol. The molecule has 0 bridgehead atoms. The Kier molecular flexibility index (Phi) is 5.25. The fourth-order valence-corrected chi connectivity index (χ4v) is 2.71. The smallest absolute Gasteiger partial charge is 0.251 e. The van der Waals surface area contributed by atoms with Gasteiger partial charge in [0.15, 0.2) is 5.60 Å². The molecule has 25 heavy (non-hydrogen) atoms. The molecule has 2 aromatic rings. The molecule has 1 amide bonds. The van der Waals surface area contributed by atoms with Gasteiger partial charge in [-0.3, -0.25) is 4.79 Å². The van der Waals surface area contributed by atoms with Crippen LogP contribution in [-0.2, 0) is 15.1 Å². The fraction of sp³-hybridized carbons (Fsp3) is 0.389. The van der Waals surface area contributed by atoms with Crippen LogP contribution in [0.3, 0.4) is 0 Å². The molecule has 1 atom stereocenters. The number of carbonyl (C=O) groups is 1. The molecule has 1 fully saturated rings. The zero-order valence-corrected chi connectivity index (χ0v) is 14.3. The molecular weight excluding hydrogens is 322 g/mol. The van der Waals surface area contributed by atoms with Crippen LogP contribution in [0, 0.1) is 0 Å². The Morgan fingerprint density at radius 3 is 2.76 bits per heavy atom. The SMILES string of the molecule is CCOC1(c2nnc(/C=C/c3ccc(C(=O)NC)cc3)o2)CCOC1. The lowest BCUT2D eigenvalue weighted by Gasteiger charge is -2.22. The van der Waals surface area contributed by atoms with Gasteiger partial charge in [0.2, 0.25) is 5.89 Å². The first-order chi connectivity index (χ1) is 12.2. The maximum absolute atomic E-state index is 11.5. The van der Waals surface area contributed by atoms with Crippen molar-refractivity contribution in [2.45, 2.75) is 18.9 Å². The van der Waals surface area contributed by atoms with E-state index in [0.717, 1.165) is 5.56 Å². The van der Waals surface area contributed by atoms with Crippen molar-refractivity contribution in [2.75, 3.05) is 26.9 Å². The molecular formula is C18H21N3O4. The maximum Gasteiger partial charge on any atom is 0.251 e. The number of aromatic nitrogens is 2. The lowest BCUT2D eigenvalue weighted by atomic mass is 10.0. The Labute approximate surface area is 146 Å². The van der Waals surface area contributed by atoms with Crippen LogP contribution in [0.15, 0.2) is 28.7 Å². The molecule has 0 radical (unpaired) electrons. The standard InChI is InChI=1S/C18H21N3O4/c1-3-24-18(10-11-23-12-18)17-21-20-15(25-17)9-6-13-4-7-14(8-5-13)16(22)19-2/h4-9H,3,10-12H2,1-2H3,(H,19,22)/b9-6+. The second kappa shape index (κ2) is 7.58. The Hall–Kier alpha value is -2.51. The van der Waals surface area contributed by atoms with Crippen LogP contribution in [-0.4, -0.2) is 43.0 Å². The van der Waals surface area contributed by atoms with Crippen molar-refractivity contribution in [1.82, 2.24) is 15.5 Å². The third kappa shape index (κ3) is 3.78. The lowest BCUT2D eigenvalue weighted by Crippen LogP contribution is -2.30. The van der Waals surface area contributed by atoms with Crippen molar-refractivity contribution < 1.29 is 18.7 Å². The average Bonchev–Trinajstić information content (AvgIpc) is 3.30. The monoisotopic (exact) mass is 343 g/mol. The predicted octanol–water partition coefficient (Wildman–Crippen LogP) is 2.25. The molecule has 1 aliphatic rings. The number of ether oxygens (including phenoxy) is 2. The minimum Gasteiger partial charge on any atom is -0.418 e. The summed E-state index contributed by atoms with van der Waals surface area (Å²) in [7, 11) is 1.60. The summed E-state index contributed by atoms with van der Waals surface area (Å²) in [5.74, 6) is 0.731. The molecule has 3 rings (SSSR count). The van der Waals surface area contributed by atoms with Crippen LogP contribution in [0.1, 0.15) is 41.0 Å². The summed E-state index contributed by atoms with van der Waals surface area (Å²) in [6, 6.07) is 7.23. The number of hydrogen-bond donors (Lipinski definition) is 1. The van der Waals surface area contributed by atoms with Gasteiger partial charge in [0.05, 0.1) is 13.2 Å². The number of nitrogens with one attached hydrogen (secondary N) is 1. The van der Waals surface area contributed by atoms with Crippen LogP contribution in [0.5, 0.6) is 0 Å². The summed E-state index contributed by atoms with van der Waals surface area (Å²) in [5, 5.41) is 10.8. The third-order valence-corrected chi connectivity index (χ3v) is 4.05. The first-order valence-corrected chi connectivity index (χ1v) is 8.23. The van der Waals surface area contributed by atoms with Gasteiger partial charge >= 0.3 is 0 Å². The van der Waals surface area contributed by atoms with Gasteiger partial charge in [-0.15, -0.1) is 10.2 Å². The van der Waals surface area contributed by atoms with E-state index >= 15 is 0 Å². The Morgan fingerprint density at radius 1 is 1.32 bits per heavy atom. The lowest BCUT2D eigenvalue weighted by molar-refractivity contribution is -0.0661. The second-order valence-electron chi connectivity index (χ2n) is 5.71. The molecule has 1 N–H and O–H groups in total. The molecule has 0 aliphatic carbocycles. The highest BCUT2D eigenvalue weighted by atomic mass is 16.6. The number of carbonyl (C=O) groups excluding carboxylic acids is 1. The molecule has 132 valence electrons. The minimum atomic E-state index is -0.636. The molecule has 1 unspecified atom stereocenters. The molecule has 0 spiro atoms. The summed E-state index contributed by atoms with van der Waals surface area (Å²) >= 11 is 0. The van der Waals surface area contributed by atoms with Crippen LogP contribution < -0.4 is 5.32 Å². The van der Waals surface area contributed by atoms with Gasteiger partial charge in [0.25, 0.3) is 11.8 Å². The van der Waals surface area contributed by atoms with E-state index in [2.05, 4.69) is 15.5 Å². The van der Waals surface area contributed by atoms with Crippen LogP contribution in [0.4, 0.5) is 0 Å². The number of benzene rings is 1. The summed E-state index contributed by atoms with van der Waals surface area (Å²) in [5.41, 5.74) is 0.902. The third-order valence-electron chi connectivity index (χ3n) is 4.05. The van der Waals surface area contributed by atoms with Crippen molar-refractivity contribution in [3.05, 3.63) is 47.2 Å². The molecule has 2 heterocycles. The van der Waals surface area contributed by atoms with Gasteiger partial charge in [0, 0.05) is 31.7 Å². The molecule has 1 aromatic carbocycles. The Morgan fingerprint density at radius 2 is 2.12 bits per heavy atom. The van der Waals surface area contributed by atoms with Crippen LogP contribution >= 0.6 is 0 Å². The predicted molar refractivity (Wildman–Crippen MR) is 91.8 cm³/mol. The molecule has 7 heteroatoms. The number of amides is 1. The quantitative estimate of drug-likeness (QED) is 0.866. The minimum absolute atomic E-state index is 0.114. The first kappa shape index (κ1) is 17.3. The van der Waals surface area contributed by atoms with Crippen molar-refractivity contribution in [3.8, 4) is 0 Å². The van der Waals surface area contributed by atoms with E-state index < -0.39 is 5.60 Å². The van der Waals surface area contributed by atoms with Gasteiger partial charge in [-0.1, -0.05) is 12.1 Å². The summed E-state index contributed by atoms with van der Waals surface area (Å²) in [6.07, 6.45) is 4.29. The number of hydrogen-bond acceptors (Lipinski definition) is 6. The normalized spacial score (nSPS) is 20.2. The molecule has 7 nitrogen and oxygen atoms in total. The van der Waals surface area contributed by atoms with E-state index in [1.165, 1.54) is 0 Å². The maximum atomic E-state index is 11.5. The van der Waals surface area contributed by atoms with Crippen LogP contribution in [0.25, 0.3) is 12.2 Å². The fourth-order valence-electron chi connectivity index (χ4n) is 2.71. The van der Waals surface area contributed by atoms with Gasteiger partial charge in [-0.25, -0.2) is 0 Å². The van der Waals surface area contributed by atoms with Gasteiger partial charge in [-0.2, -0.15) is 0 Å². The summed E-state index contributed by atoms with van der Waals surface area (Å²) in [6.45, 7) is 3.52. The van der Waals surface area contributed by atoms with E-state index in [1.807, 2.05) is 25.1 Å². The van der Waals surface area contributed by atoms with E-state index in [-0.39, 0.29) is 5.91 Å². The van der Waals surface area contributed by atoms with Gasteiger partial charge < -0.3 is 19.2 Å². The Bertz CT molecular complexity index is 746. The largest absolute Gasteiger partial charge is 0.418 e. The Balaban J connectivity index is 1.72. The van der Waals surface area contributed by atoms with Gasteiger partial charge in [0.1, 0.15) is 0 Å². The first-order valence-electron chi connectivity index (χ1n) is 8.23. The molecule has 1 aliphatic heterocycles. The number of rotatable bonds is 6. The van der Waals surface area contributed by atoms with E-state index in [9.17, 15) is 4.79 Å². The summed E-state index contributed by atoms with van der Waals surface area (Å²) in [4.78, 5) is 11.5. The zero-order chi connectivity index (χ0) is 17.7. The van der Waals surface area contributed by atoms with E-state index in [4.69, 9.17) is 13.9 Å². The highest BCUT2D eigenvalue weighted by Crippen LogP contribution is 2.33. The molecule has 1 aromatic heterocycles. The zero-order valence-electron chi connectivity index (χ0n) is 14.3. The van der Waals surface area contributed by atoms with Gasteiger partial charge in [-0.05, 0) is 30.7 Å². The summed E-state index contributed by atoms with van der Waals surface area (Å²) < 4.78 is 17.0. The number of nitrogens with zero attached hydrogens (tertiary/aromatic N) is 2. The van der Waals surface area contributed by atoms with Crippen molar-refractivity contribution in [3.63, 3.8) is 0 Å². The molecule has 1 saturated heterocycles. The van der Waals surface area contributed by atoms with Crippen LogP contribution in [0.2, 0.25) is 0 Å². The second-order valence-corrected chi connectivity index (χ2v) is 5.71. The molecule has 0 saturated carbocycles. The topological polar surface area (TPSA) is 86.5 Å². The van der Waals surface area contributed by atoms with Crippen molar-refractivity contribution in [1.29, 1.82) is 0 Å². The van der Waals surface area contributed by atoms with Crippen molar-refractivity contribution >= 4 is 18.1 Å².